The third-order valence-corrected chi connectivity index (χ3v) is 2.79. The van der Waals surface area contributed by atoms with E-state index in [1.54, 1.807) is 0 Å². The molecule has 0 atom stereocenters. The number of nitrogens with one attached hydrogen (secondary N) is 2. The number of nitriles is 1. The van der Waals surface area contributed by atoms with Crippen molar-refractivity contribution in [2.24, 2.45) is 0 Å². The molecule has 0 aliphatic rings. The summed E-state index contributed by atoms with van der Waals surface area (Å²) in [4.78, 5) is 11.4. The lowest BCUT2D eigenvalue weighted by Gasteiger charge is -2.14. The minimum atomic E-state index is -0.162. The van der Waals surface area contributed by atoms with Gasteiger partial charge in [0, 0.05) is 5.69 Å². The van der Waals surface area contributed by atoms with E-state index in [0.29, 0.717) is 0 Å². The van der Waals surface area contributed by atoms with E-state index in [1.165, 1.54) is 11.1 Å². The lowest BCUT2D eigenvalue weighted by Crippen LogP contribution is -2.30. The van der Waals surface area contributed by atoms with Crippen LogP contribution in [0.15, 0.2) is 18.2 Å². The number of para-hydroxylation sites is 1. The zero-order valence-electron chi connectivity index (χ0n) is 10.9. The normalized spacial score (nSPS) is 9.61. The minimum Gasteiger partial charge on any atom is -0.376 e. The van der Waals surface area contributed by atoms with Gasteiger partial charge in [0.2, 0.25) is 5.91 Å². The number of carbonyl (C=O) groups excluding carboxylic acids is 1. The van der Waals surface area contributed by atoms with Crippen LogP contribution in [0.3, 0.4) is 0 Å². The largest absolute Gasteiger partial charge is 0.376 e. The van der Waals surface area contributed by atoms with E-state index in [1.807, 2.05) is 12.1 Å². The summed E-state index contributed by atoms with van der Waals surface area (Å²) in [5, 5.41) is 14.1. The monoisotopic (exact) mass is 245 g/mol. The second kappa shape index (κ2) is 7.33. The molecule has 1 rings (SSSR count). The molecule has 18 heavy (non-hydrogen) atoms. The van der Waals surface area contributed by atoms with Crippen molar-refractivity contribution >= 4 is 11.6 Å². The molecule has 0 aromatic heterocycles. The van der Waals surface area contributed by atoms with Crippen LogP contribution in [-0.4, -0.2) is 19.0 Å². The van der Waals surface area contributed by atoms with Gasteiger partial charge in [0.15, 0.2) is 0 Å². The molecule has 1 amide bonds. The van der Waals surface area contributed by atoms with E-state index in [0.717, 1.165) is 18.5 Å². The highest BCUT2D eigenvalue weighted by atomic mass is 16.1. The predicted molar refractivity (Wildman–Crippen MR) is 72.3 cm³/mol. The van der Waals surface area contributed by atoms with E-state index >= 15 is 0 Å². The van der Waals surface area contributed by atoms with Crippen LogP contribution in [0.4, 0.5) is 5.69 Å². The van der Waals surface area contributed by atoms with E-state index in [9.17, 15) is 4.79 Å². The number of carbonyl (C=O) groups is 1. The Morgan fingerprint density at radius 3 is 2.39 bits per heavy atom. The van der Waals surface area contributed by atoms with Crippen molar-refractivity contribution in [3.8, 4) is 6.07 Å². The van der Waals surface area contributed by atoms with Gasteiger partial charge in [0.1, 0.15) is 6.54 Å². The van der Waals surface area contributed by atoms with Crippen LogP contribution < -0.4 is 10.6 Å². The Bertz CT molecular complexity index is 427. The Balaban J connectivity index is 2.71. The molecule has 0 radical (unpaired) electrons. The van der Waals surface area contributed by atoms with Crippen molar-refractivity contribution in [1.82, 2.24) is 5.32 Å². The molecule has 0 unspecified atom stereocenters. The molecule has 4 heteroatoms. The number of hydrogen-bond donors (Lipinski definition) is 2. The van der Waals surface area contributed by atoms with Crippen molar-refractivity contribution in [3.63, 3.8) is 0 Å². The van der Waals surface area contributed by atoms with Crippen LogP contribution in [0.25, 0.3) is 0 Å². The Kier molecular flexibility index (Phi) is 5.72. The van der Waals surface area contributed by atoms with Gasteiger partial charge in [-0.2, -0.15) is 5.26 Å². The number of hydrogen-bond acceptors (Lipinski definition) is 3. The number of benzene rings is 1. The standard InChI is InChI=1S/C14H19N3O/c1-3-11-6-5-7-12(4-2)14(11)17-10-13(18)16-9-8-15/h5-7,17H,3-4,9-10H2,1-2H3,(H,16,18). The summed E-state index contributed by atoms with van der Waals surface area (Å²) in [6.07, 6.45) is 1.85. The highest BCUT2D eigenvalue weighted by Crippen LogP contribution is 2.22. The Morgan fingerprint density at radius 1 is 1.28 bits per heavy atom. The summed E-state index contributed by atoms with van der Waals surface area (Å²) in [6.45, 7) is 4.44. The fraction of sp³-hybridized carbons (Fsp3) is 0.429. The Hall–Kier alpha value is -2.02. The van der Waals surface area contributed by atoms with E-state index in [2.05, 4.69) is 36.6 Å². The smallest absolute Gasteiger partial charge is 0.240 e. The van der Waals surface area contributed by atoms with Crippen molar-refractivity contribution in [3.05, 3.63) is 29.3 Å². The van der Waals surface area contributed by atoms with Gasteiger partial charge in [0.05, 0.1) is 12.6 Å². The maximum Gasteiger partial charge on any atom is 0.240 e. The van der Waals surface area contributed by atoms with E-state index in [-0.39, 0.29) is 19.0 Å². The van der Waals surface area contributed by atoms with Crippen LogP contribution in [0, 0.1) is 11.3 Å². The fourth-order valence-electron chi connectivity index (χ4n) is 1.84. The van der Waals surface area contributed by atoms with E-state index < -0.39 is 0 Å². The second-order valence-electron chi connectivity index (χ2n) is 3.95. The molecule has 0 spiro atoms. The van der Waals surface area contributed by atoms with Gasteiger partial charge in [-0.25, -0.2) is 0 Å². The molecule has 0 aliphatic heterocycles. The summed E-state index contributed by atoms with van der Waals surface area (Å²) < 4.78 is 0. The van der Waals surface area contributed by atoms with Gasteiger partial charge in [-0.05, 0) is 24.0 Å². The number of amides is 1. The van der Waals surface area contributed by atoms with Gasteiger partial charge >= 0.3 is 0 Å². The zero-order valence-corrected chi connectivity index (χ0v) is 10.9. The average molecular weight is 245 g/mol. The minimum absolute atomic E-state index is 0.0522. The lowest BCUT2D eigenvalue weighted by molar-refractivity contribution is -0.119. The molecule has 1 aromatic carbocycles. The molecular weight excluding hydrogens is 226 g/mol. The molecule has 0 fully saturated rings. The van der Waals surface area contributed by atoms with Gasteiger partial charge < -0.3 is 10.6 Å². The SMILES string of the molecule is CCc1cccc(CC)c1NCC(=O)NCC#N. The van der Waals surface area contributed by atoms with Crippen molar-refractivity contribution in [2.75, 3.05) is 18.4 Å². The molecule has 0 aliphatic carbocycles. The number of aryl methyl sites for hydroxylation is 2. The average Bonchev–Trinajstić information content (AvgIpc) is 2.42. The van der Waals surface area contributed by atoms with Crippen LogP contribution in [0.2, 0.25) is 0 Å². The van der Waals surface area contributed by atoms with Crippen molar-refractivity contribution in [1.29, 1.82) is 5.26 Å². The summed E-state index contributed by atoms with van der Waals surface area (Å²) >= 11 is 0. The summed E-state index contributed by atoms with van der Waals surface area (Å²) in [5.41, 5.74) is 3.47. The van der Waals surface area contributed by atoms with Crippen LogP contribution in [0.5, 0.6) is 0 Å². The molecule has 4 nitrogen and oxygen atoms in total. The number of rotatable bonds is 6. The van der Waals surface area contributed by atoms with Gasteiger partial charge in [0.25, 0.3) is 0 Å². The summed E-state index contributed by atoms with van der Waals surface area (Å²) in [5.74, 6) is -0.162. The third-order valence-electron chi connectivity index (χ3n) is 2.79. The molecule has 0 heterocycles. The highest BCUT2D eigenvalue weighted by Gasteiger charge is 2.07. The van der Waals surface area contributed by atoms with Crippen molar-refractivity contribution < 1.29 is 4.79 Å². The summed E-state index contributed by atoms with van der Waals surface area (Å²) in [6, 6.07) is 8.05. The maximum absolute atomic E-state index is 11.4. The molecule has 0 saturated carbocycles. The first kappa shape index (κ1) is 14.0. The van der Waals surface area contributed by atoms with Gasteiger partial charge in [-0.15, -0.1) is 0 Å². The number of nitrogens with zero attached hydrogens (tertiary/aromatic N) is 1. The maximum atomic E-state index is 11.4. The van der Waals surface area contributed by atoms with Crippen molar-refractivity contribution in [2.45, 2.75) is 26.7 Å². The zero-order chi connectivity index (χ0) is 13.4. The third kappa shape index (κ3) is 3.77. The van der Waals surface area contributed by atoms with Gasteiger partial charge in [-0.3, -0.25) is 4.79 Å². The molecule has 96 valence electrons. The molecule has 0 saturated heterocycles. The van der Waals surface area contributed by atoms with E-state index in [4.69, 9.17) is 5.26 Å². The van der Waals surface area contributed by atoms with Gasteiger partial charge in [-0.1, -0.05) is 32.0 Å². The first-order valence-electron chi connectivity index (χ1n) is 6.21. The van der Waals surface area contributed by atoms with Crippen LogP contribution >= 0.6 is 0 Å². The van der Waals surface area contributed by atoms with Crippen LogP contribution in [-0.2, 0) is 17.6 Å². The first-order valence-corrected chi connectivity index (χ1v) is 6.21. The molecule has 0 bridgehead atoms. The number of anilines is 1. The first-order chi connectivity index (χ1) is 8.72. The topological polar surface area (TPSA) is 64.9 Å². The van der Waals surface area contributed by atoms with Crippen LogP contribution in [0.1, 0.15) is 25.0 Å². The second-order valence-corrected chi connectivity index (χ2v) is 3.95. The fourth-order valence-corrected chi connectivity index (χ4v) is 1.84. The molecule has 1 aromatic rings. The predicted octanol–water partition coefficient (Wildman–Crippen LogP) is 1.86. The Morgan fingerprint density at radius 2 is 1.89 bits per heavy atom. The Labute approximate surface area is 108 Å². The lowest BCUT2D eigenvalue weighted by atomic mass is 10.0. The molecular formula is C14H19N3O. The molecule has 2 N–H and O–H groups in total. The quantitative estimate of drug-likeness (QED) is 0.752. The highest BCUT2D eigenvalue weighted by molar-refractivity contribution is 5.81. The summed E-state index contributed by atoms with van der Waals surface area (Å²) in [7, 11) is 0.